The Hall–Kier alpha value is -1.18. The molecule has 1 aromatic carbocycles. The van der Waals surface area contributed by atoms with Crippen LogP contribution in [0.3, 0.4) is 0 Å². The van der Waals surface area contributed by atoms with E-state index in [0.29, 0.717) is 0 Å². The fourth-order valence-electron chi connectivity index (χ4n) is 2.29. The molecule has 4 N–H and O–H groups in total. The van der Waals surface area contributed by atoms with Crippen LogP contribution in [-0.4, -0.2) is 0 Å². The van der Waals surface area contributed by atoms with Gasteiger partial charge in [-0.2, -0.15) is 0 Å². The van der Waals surface area contributed by atoms with Gasteiger partial charge in [-0.3, -0.25) is 0 Å². The Labute approximate surface area is 112 Å². The Balaban J connectivity index is 2.65. The fraction of sp³-hybridized carbons (Fsp3) is 0.625. The molecule has 0 saturated carbocycles. The van der Waals surface area contributed by atoms with Gasteiger partial charge in [-0.05, 0) is 36.8 Å². The molecule has 0 aliphatic carbocycles. The molecule has 102 valence electrons. The van der Waals surface area contributed by atoms with E-state index in [1.54, 1.807) is 0 Å². The van der Waals surface area contributed by atoms with Crippen molar-refractivity contribution >= 4 is 11.4 Å². The SMILES string of the molecule is CCCCCc1ccc(CCCCC)c(N)c1N. The minimum Gasteiger partial charge on any atom is -0.397 e. The van der Waals surface area contributed by atoms with Gasteiger partial charge >= 0.3 is 0 Å². The molecule has 0 radical (unpaired) electrons. The number of anilines is 2. The molecule has 0 aliphatic rings. The monoisotopic (exact) mass is 248 g/mol. The summed E-state index contributed by atoms with van der Waals surface area (Å²) in [5.74, 6) is 0. The van der Waals surface area contributed by atoms with Crippen molar-refractivity contribution in [1.82, 2.24) is 0 Å². The number of benzene rings is 1. The van der Waals surface area contributed by atoms with E-state index >= 15 is 0 Å². The van der Waals surface area contributed by atoms with Crippen LogP contribution in [0.15, 0.2) is 12.1 Å². The average molecular weight is 248 g/mol. The Morgan fingerprint density at radius 2 is 1.11 bits per heavy atom. The van der Waals surface area contributed by atoms with Crippen molar-refractivity contribution in [3.05, 3.63) is 23.3 Å². The molecule has 0 fully saturated rings. The Kier molecular flexibility index (Phi) is 6.63. The smallest absolute Gasteiger partial charge is 0.0583 e. The van der Waals surface area contributed by atoms with Gasteiger partial charge in [0.15, 0.2) is 0 Å². The van der Waals surface area contributed by atoms with Crippen molar-refractivity contribution in [3.8, 4) is 0 Å². The maximum Gasteiger partial charge on any atom is 0.0583 e. The average Bonchev–Trinajstić information content (AvgIpc) is 2.37. The predicted molar refractivity (Wildman–Crippen MR) is 81.7 cm³/mol. The summed E-state index contributed by atoms with van der Waals surface area (Å²) in [7, 11) is 0. The van der Waals surface area contributed by atoms with E-state index in [9.17, 15) is 0 Å². The summed E-state index contributed by atoms with van der Waals surface area (Å²) in [5.41, 5.74) is 16.4. The van der Waals surface area contributed by atoms with Gasteiger partial charge < -0.3 is 11.5 Å². The lowest BCUT2D eigenvalue weighted by Crippen LogP contribution is -2.04. The minimum absolute atomic E-state index is 0.820. The number of nitrogens with two attached hydrogens (primary N) is 2. The maximum atomic E-state index is 6.14. The van der Waals surface area contributed by atoms with Gasteiger partial charge in [0.1, 0.15) is 0 Å². The summed E-state index contributed by atoms with van der Waals surface area (Å²) >= 11 is 0. The maximum absolute atomic E-state index is 6.14. The number of aryl methyl sites for hydroxylation is 2. The molecular formula is C16H28N2. The first-order valence-electron chi connectivity index (χ1n) is 7.36. The van der Waals surface area contributed by atoms with Crippen LogP contribution in [0.1, 0.15) is 63.5 Å². The summed E-state index contributed by atoms with van der Waals surface area (Å²) in [4.78, 5) is 0. The highest BCUT2D eigenvalue weighted by molar-refractivity contribution is 5.71. The van der Waals surface area contributed by atoms with Crippen LogP contribution in [0, 0.1) is 0 Å². The second-order valence-electron chi connectivity index (χ2n) is 5.13. The zero-order valence-corrected chi connectivity index (χ0v) is 12.0. The first-order valence-corrected chi connectivity index (χ1v) is 7.36. The van der Waals surface area contributed by atoms with Gasteiger partial charge in [-0.1, -0.05) is 51.7 Å². The van der Waals surface area contributed by atoms with Crippen molar-refractivity contribution in [2.24, 2.45) is 0 Å². The summed E-state index contributed by atoms with van der Waals surface area (Å²) < 4.78 is 0. The summed E-state index contributed by atoms with van der Waals surface area (Å²) in [6.07, 6.45) is 9.52. The first kappa shape index (κ1) is 14.9. The van der Waals surface area contributed by atoms with Gasteiger partial charge in [-0.15, -0.1) is 0 Å². The third-order valence-corrected chi connectivity index (χ3v) is 3.57. The molecule has 1 rings (SSSR count). The van der Waals surface area contributed by atoms with E-state index in [-0.39, 0.29) is 0 Å². The van der Waals surface area contributed by atoms with Crippen LogP contribution < -0.4 is 11.5 Å². The minimum atomic E-state index is 0.820. The molecule has 18 heavy (non-hydrogen) atoms. The Morgan fingerprint density at radius 1 is 0.722 bits per heavy atom. The topological polar surface area (TPSA) is 52.0 Å². The molecule has 0 amide bonds. The molecule has 0 aromatic heterocycles. The van der Waals surface area contributed by atoms with E-state index in [0.717, 1.165) is 24.2 Å². The van der Waals surface area contributed by atoms with Crippen LogP contribution in [0.5, 0.6) is 0 Å². The van der Waals surface area contributed by atoms with E-state index in [4.69, 9.17) is 11.5 Å². The highest BCUT2D eigenvalue weighted by Crippen LogP contribution is 2.27. The van der Waals surface area contributed by atoms with Crippen LogP contribution in [-0.2, 0) is 12.8 Å². The third kappa shape index (κ3) is 4.25. The number of hydrogen-bond acceptors (Lipinski definition) is 2. The van der Waals surface area contributed by atoms with Crippen molar-refractivity contribution < 1.29 is 0 Å². The molecule has 2 nitrogen and oxygen atoms in total. The van der Waals surface area contributed by atoms with Gasteiger partial charge in [0.2, 0.25) is 0 Å². The molecular weight excluding hydrogens is 220 g/mol. The van der Waals surface area contributed by atoms with Gasteiger partial charge in [0.25, 0.3) is 0 Å². The highest BCUT2D eigenvalue weighted by atomic mass is 14.7. The number of nitrogen functional groups attached to an aromatic ring is 2. The summed E-state index contributed by atoms with van der Waals surface area (Å²) in [6.45, 7) is 4.43. The van der Waals surface area contributed by atoms with Crippen LogP contribution in [0.2, 0.25) is 0 Å². The fourth-order valence-corrected chi connectivity index (χ4v) is 2.29. The van der Waals surface area contributed by atoms with Crippen molar-refractivity contribution in [1.29, 1.82) is 0 Å². The molecule has 0 unspecified atom stereocenters. The molecule has 0 saturated heterocycles. The molecule has 0 atom stereocenters. The predicted octanol–water partition coefficient (Wildman–Crippen LogP) is 4.32. The van der Waals surface area contributed by atoms with Crippen LogP contribution in [0.25, 0.3) is 0 Å². The first-order chi connectivity index (χ1) is 8.70. The molecule has 0 spiro atoms. The summed E-state index contributed by atoms with van der Waals surface area (Å²) in [6, 6.07) is 4.34. The lowest BCUT2D eigenvalue weighted by atomic mass is 9.98. The van der Waals surface area contributed by atoms with Gasteiger partial charge in [0, 0.05) is 0 Å². The van der Waals surface area contributed by atoms with Crippen LogP contribution >= 0.6 is 0 Å². The zero-order valence-electron chi connectivity index (χ0n) is 12.0. The molecule has 1 aromatic rings. The highest BCUT2D eigenvalue weighted by Gasteiger charge is 2.07. The largest absolute Gasteiger partial charge is 0.397 e. The van der Waals surface area contributed by atoms with Crippen molar-refractivity contribution in [2.45, 2.75) is 65.2 Å². The van der Waals surface area contributed by atoms with Gasteiger partial charge in [-0.25, -0.2) is 0 Å². The quantitative estimate of drug-likeness (QED) is 0.532. The van der Waals surface area contributed by atoms with Crippen molar-refractivity contribution in [3.63, 3.8) is 0 Å². The van der Waals surface area contributed by atoms with E-state index in [1.165, 1.54) is 49.7 Å². The third-order valence-electron chi connectivity index (χ3n) is 3.57. The van der Waals surface area contributed by atoms with Gasteiger partial charge in [0.05, 0.1) is 11.4 Å². The normalized spacial score (nSPS) is 10.8. The molecule has 0 heterocycles. The molecule has 0 bridgehead atoms. The Morgan fingerprint density at radius 3 is 1.44 bits per heavy atom. The van der Waals surface area contributed by atoms with E-state index in [2.05, 4.69) is 26.0 Å². The number of unbranched alkanes of at least 4 members (excludes halogenated alkanes) is 4. The number of rotatable bonds is 8. The van der Waals surface area contributed by atoms with Crippen molar-refractivity contribution in [2.75, 3.05) is 11.5 Å². The summed E-state index contributed by atoms with van der Waals surface area (Å²) in [5, 5.41) is 0. The second kappa shape index (κ2) is 8.02. The van der Waals surface area contributed by atoms with Crippen LogP contribution in [0.4, 0.5) is 11.4 Å². The standard InChI is InChI=1S/C16H28N2/c1-3-5-7-9-13-11-12-14(10-8-6-4-2)16(18)15(13)17/h11-12H,3-10,17-18H2,1-2H3. The second-order valence-corrected chi connectivity index (χ2v) is 5.13. The zero-order chi connectivity index (χ0) is 13.4. The van der Waals surface area contributed by atoms with E-state index < -0.39 is 0 Å². The lowest BCUT2D eigenvalue weighted by Gasteiger charge is -2.12. The number of hydrogen-bond donors (Lipinski definition) is 2. The molecule has 2 heteroatoms. The van der Waals surface area contributed by atoms with E-state index in [1.807, 2.05) is 0 Å². The lowest BCUT2D eigenvalue weighted by molar-refractivity contribution is 0.713. The Bertz CT molecular complexity index is 323. The molecule has 0 aliphatic heterocycles.